The molecular formula is C24H35ClN6O. The van der Waals surface area contributed by atoms with Crippen molar-refractivity contribution in [3.63, 3.8) is 0 Å². The first kappa shape index (κ1) is 23.2. The summed E-state index contributed by atoms with van der Waals surface area (Å²) >= 11 is 6.08. The number of carbonyl (C=O) groups is 1. The normalized spacial score (nSPS) is 20.0. The highest BCUT2D eigenvalue weighted by molar-refractivity contribution is 6.31. The maximum atomic E-state index is 12.0. The van der Waals surface area contributed by atoms with Gasteiger partial charge in [-0.05, 0) is 69.6 Å². The Kier molecular flexibility index (Phi) is 8.56. The SMILES string of the molecule is O=C(NCCCN1CCN(CCCNc2ccnc3cc(Cl)ccc23)CC1)C1CCCN1. The predicted octanol–water partition coefficient (Wildman–Crippen LogP) is 2.57. The highest BCUT2D eigenvalue weighted by Gasteiger charge is 2.21. The van der Waals surface area contributed by atoms with Crippen LogP contribution in [0.15, 0.2) is 30.5 Å². The third-order valence-corrected chi connectivity index (χ3v) is 6.70. The van der Waals surface area contributed by atoms with Crippen LogP contribution in [0, 0.1) is 0 Å². The van der Waals surface area contributed by atoms with Gasteiger partial charge in [-0.15, -0.1) is 0 Å². The molecule has 0 aliphatic carbocycles. The molecule has 0 bridgehead atoms. The molecule has 2 aromatic rings. The Morgan fingerprint density at radius 1 is 1.09 bits per heavy atom. The molecule has 0 spiro atoms. The van der Waals surface area contributed by atoms with Crippen LogP contribution in [0.25, 0.3) is 10.9 Å². The van der Waals surface area contributed by atoms with Crippen LogP contribution in [-0.2, 0) is 4.79 Å². The summed E-state index contributed by atoms with van der Waals surface area (Å²) in [6.07, 6.45) is 6.04. The van der Waals surface area contributed by atoms with E-state index < -0.39 is 0 Å². The van der Waals surface area contributed by atoms with E-state index in [1.807, 2.05) is 30.5 Å². The maximum absolute atomic E-state index is 12.0. The Bertz CT molecular complexity index is 880. The number of halogens is 1. The van der Waals surface area contributed by atoms with E-state index in [1.54, 1.807) is 0 Å². The van der Waals surface area contributed by atoms with E-state index in [9.17, 15) is 4.79 Å². The van der Waals surface area contributed by atoms with Gasteiger partial charge in [0.05, 0.1) is 11.6 Å². The molecule has 1 unspecified atom stereocenters. The Balaban J connectivity index is 1.07. The number of benzene rings is 1. The van der Waals surface area contributed by atoms with Crippen LogP contribution >= 0.6 is 11.6 Å². The molecule has 3 heterocycles. The number of hydrogen-bond donors (Lipinski definition) is 3. The van der Waals surface area contributed by atoms with E-state index in [0.29, 0.717) is 5.02 Å². The van der Waals surface area contributed by atoms with Crippen molar-refractivity contribution < 1.29 is 4.79 Å². The summed E-state index contributed by atoms with van der Waals surface area (Å²) in [5.74, 6) is 0.171. The molecular weight excluding hydrogens is 424 g/mol. The topological polar surface area (TPSA) is 72.5 Å². The molecule has 4 rings (SSSR count). The lowest BCUT2D eigenvalue weighted by Gasteiger charge is -2.34. The lowest BCUT2D eigenvalue weighted by molar-refractivity contribution is -0.122. The van der Waals surface area contributed by atoms with Crippen molar-refractivity contribution in [3.05, 3.63) is 35.5 Å². The molecule has 1 aromatic heterocycles. The van der Waals surface area contributed by atoms with Crippen molar-refractivity contribution in [3.8, 4) is 0 Å². The summed E-state index contributed by atoms with van der Waals surface area (Å²) in [6, 6.07) is 7.91. The average molecular weight is 459 g/mol. The van der Waals surface area contributed by atoms with Gasteiger partial charge in [-0.25, -0.2) is 0 Å². The van der Waals surface area contributed by atoms with E-state index in [-0.39, 0.29) is 11.9 Å². The Labute approximate surface area is 195 Å². The number of amides is 1. The van der Waals surface area contributed by atoms with E-state index in [4.69, 9.17) is 11.6 Å². The number of nitrogens with zero attached hydrogens (tertiary/aromatic N) is 3. The molecule has 174 valence electrons. The molecule has 2 saturated heterocycles. The first-order chi connectivity index (χ1) is 15.7. The van der Waals surface area contributed by atoms with Gasteiger partial charge in [-0.2, -0.15) is 0 Å². The van der Waals surface area contributed by atoms with Crippen molar-refractivity contribution >= 4 is 34.1 Å². The number of nitrogens with one attached hydrogen (secondary N) is 3. The summed E-state index contributed by atoms with van der Waals surface area (Å²) in [6.45, 7) is 9.32. The minimum Gasteiger partial charge on any atom is -0.384 e. The monoisotopic (exact) mass is 458 g/mol. The number of aromatic nitrogens is 1. The first-order valence-corrected chi connectivity index (χ1v) is 12.3. The molecule has 32 heavy (non-hydrogen) atoms. The molecule has 1 aromatic carbocycles. The van der Waals surface area contributed by atoms with Gasteiger partial charge in [0.15, 0.2) is 0 Å². The van der Waals surface area contributed by atoms with Gasteiger partial charge in [0.1, 0.15) is 0 Å². The molecule has 2 aliphatic heterocycles. The number of fused-ring (bicyclic) bond motifs is 1. The van der Waals surface area contributed by atoms with Gasteiger partial charge < -0.3 is 25.8 Å². The highest BCUT2D eigenvalue weighted by atomic mass is 35.5. The minimum absolute atomic E-state index is 0.0313. The Hall–Kier alpha value is -1.93. The number of pyridine rings is 1. The zero-order valence-corrected chi connectivity index (χ0v) is 19.5. The van der Waals surface area contributed by atoms with Gasteiger partial charge in [0.2, 0.25) is 5.91 Å². The van der Waals surface area contributed by atoms with Crippen LogP contribution in [0.5, 0.6) is 0 Å². The number of hydrogen-bond acceptors (Lipinski definition) is 6. The Morgan fingerprint density at radius 3 is 2.56 bits per heavy atom. The smallest absolute Gasteiger partial charge is 0.237 e. The lowest BCUT2D eigenvalue weighted by Crippen LogP contribution is -2.47. The summed E-state index contributed by atoms with van der Waals surface area (Å²) in [5, 5.41) is 11.7. The third-order valence-electron chi connectivity index (χ3n) is 6.46. The van der Waals surface area contributed by atoms with E-state index in [0.717, 1.165) is 101 Å². The fourth-order valence-electron chi connectivity index (χ4n) is 4.58. The number of rotatable bonds is 10. The number of anilines is 1. The van der Waals surface area contributed by atoms with Crippen molar-refractivity contribution in [2.75, 3.05) is 64.2 Å². The predicted molar refractivity (Wildman–Crippen MR) is 131 cm³/mol. The average Bonchev–Trinajstić information content (AvgIpc) is 3.35. The first-order valence-electron chi connectivity index (χ1n) is 11.9. The van der Waals surface area contributed by atoms with Crippen LogP contribution < -0.4 is 16.0 Å². The van der Waals surface area contributed by atoms with Crippen LogP contribution in [0.2, 0.25) is 5.02 Å². The highest BCUT2D eigenvalue weighted by Crippen LogP contribution is 2.24. The molecule has 7 nitrogen and oxygen atoms in total. The van der Waals surface area contributed by atoms with E-state index >= 15 is 0 Å². The van der Waals surface area contributed by atoms with Crippen LogP contribution in [-0.4, -0.2) is 85.6 Å². The molecule has 2 fully saturated rings. The van der Waals surface area contributed by atoms with Gasteiger partial charge in [-0.1, -0.05) is 11.6 Å². The van der Waals surface area contributed by atoms with E-state index in [2.05, 4.69) is 30.7 Å². The third kappa shape index (κ3) is 6.54. The van der Waals surface area contributed by atoms with Gasteiger partial charge in [0.25, 0.3) is 0 Å². The molecule has 2 aliphatic rings. The summed E-state index contributed by atoms with van der Waals surface area (Å²) < 4.78 is 0. The molecule has 0 saturated carbocycles. The van der Waals surface area contributed by atoms with Crippen LogP contribution in [0.4, 0.5) is 5.69 Å². The molecule has 1 atom stereocenters. The summed E-state index contributed by atoms with van der Waals surface area (Å²) in [7, 11) is 0. The Morgan fingerprint density at radius 2 is 1.84 bits per heavy atom. The zero-order chi connectivity index (χ0) is 22.2. The zero-order valence-electron chi connectivity index (χ0n) is 18.8. The van der Waals surface area contributed by atoms with E-state index in [1.165, 1.54) is 0 Å². The lowest BCUT2D eigenvalue weighted by atomic mass is 10.2. The second kappa shape index (κ2) is 11.8. The maximum Gasteiger partial charge on any atom is 0.237 e. The largest absolute Gasteiger partial charge is 0.384 e. The van der Waals surface area contributed by atoms with Gasteiger partial charge >= 0.3 is 0 Å². The summed E-state index contributed by atoms with van der Waals surface area (Å²) in [4.78, 5) is 21.5. The number of piperazine rings is 1. The number of carbonyl (C=O) groups excluding carboxylic acids is 1. The fraction of sp³-hybridized carbons (Fsp3) is 0.583. The molecule has 3 N–H and O–H groups in total. The molecule has 0 radical (unpaired) electrons. The van der Waals surface area contributed by atoms with Crippen molar-refractivity contribution in [2.45, 2.75) is 31.7 Å². The minimum atomic E-state index is 0.0313. The fourth-order valence-corrected chi connectivity index (χ4v) is 4.75. The van der Waals surface area contributed by atoms with Gasteiger partial charge in [0, 0.05) is 61.6 Å². The van der Waals surface area contributed by atoms with Crippen molar-refractivity contribution in [1.29, 1.82) is 0 Å². The van der Waals surface area contributed by atoms with Crippen LogP contribution in [0.3, 0.4) is 0 Å². The van der Waals surface area contributed by atoms with Crippen molar-refractivity contribution in [2.24, 2.45) is 0 Å². The summed E-state index contributed by atoms with van der Waals surface area (Å²) in [5.41, 5.74) is 2.04. The quantitative estimate of drug-likeness (QED) is 0.475. The second-order valence-electron chi connectivity index (χ2n) is 8.78. The second-order valence-corrected chi connectivity index (χ2v) is 9.21. The molecule has 8 heteroatoms. The molecule has 1 amide bonds. The van der Waals surface area contributed by atoms with Crippen LogP contribution in [0.1, 0.15) is 25.7 Å². The van der Waals surface area contributed by atoms with Gasteiger partial charge in [-0.3, -0.25) is 9.78 Å². The standard InChI is InChI=1S/C24H35ClN6O/c25-19-5-6-20-21(7-11-28-23(20)18-19)26-9-2-12-30-14-16-31(17-15-30)13-3-10-29-24(32)22-4-1-8-27-22/h5-7,11,18,22,27H,1-4,8-10,12-17H2,(H,26,28)(H,29,32). The van der Waals surface area contributed by atoms with Crippen molar-refractivity contribution in [1.82, 2.24) is 25.4 Å².